The zero-order valence-electron chi connectivity index (χ0n) is 9.00. The molecule has 1 aliphatic carbocycles. The molecule has 1 heterocycles. The fraction of sp³-hybridized carbons (Fsp3) is 0.600. The maximum Gasteiger partial charge on any atom is 0.285 e. The smallest absolute Gasteiger partial charge is 0.285 e. The zero-order chi connectivity index (χ0) is 11.5. The molecule has 2 rings (SSSR count). The molecule has 2 N–H and O–H groups in total. The number of aromatic nitrogens is 2. The molecular formula is C10H14ClN3O2. The lowest BCUT2D eigenvalue weighted by Gasteiger charge is -2.20. The first kappa shape index (κ1) is 11.4. The molecule has 0 bridgehead atoms. The highest BCUT2D eigenvalue weighted by Gasteiger charge is 2.27. The Hall–Kier alpha value is -1.07. The number of rotatable bonds is 3. The van der Waals surface area contributed by atoms with Crippen LogP contribution in [0.5, 0.6) is 0 Å². The molecule has 6 heteroatoms. The Morgan fingerprint density at radius 3 is 3.19 bits per heavy atom. The van der Waals surface area contributed by atoms with Gasteiger partial charge in [0.15, 0.2) is 0 Å². The van der Waals surface area contributed by atoms with E-state index in [-0.39, 0.29) is 22.7 Å². The highest BCUT2D eigenvalue weighted by atomic mass is 35.5. The Morgan fingerprint density at radius 2 is 2.44 bits per heavy atom. The average molecular weight is 244 g/mol. The van der Waals surface area contributed by atoms with Crippen molar-refractivity contribution in [1.29, 1.82) is 0 Å². The molecule has 88 valence electrons. The predicted octanol–water partition coefficient (Wildman–Crippen LogP) is 1.40. The fourth-order valence-electron chi connectivity index (χ4n) is 2.06. The molecule has 16 heavy (non-hydrogen) atoms. The van der Waals surface area contributed by atoms with Crippen LogP contribution in [0.1, 0.15) is 19.3 Å². The molecule has 0 aromatic carbocycles. The maximum absolute atomic E-state index is 11.2. The quantitative estimate of drug-likeness (QED) is 0.842. The van der Waals surface area contributed by atoms with Crippen molar-refractivity contribution in [3.63, 3.8) is 0 Å². The summed E-state index contributed by atoms with van der Waals surface area (Å²) in [5.41, 5.74) is 0.193. The van der Waals surface area contributed by atoms with Crippen LogP contribution in [0.3, 0.4) is 0 Å². The topological polar surface area (TPSA) is 67.0 Å². The van der Waals surface area contributed by atoms with Gasteiger partial charge in [-0.1, -0.05) is 11.6 Å². The van der Waals surface area contributed by atoms with Crippen molar-refractivity contribution in [3.8, 4) is 0 Å². The van der Waals surface area contributed by atoms with Gasteiger partial charge in [0, 0.05) is 7.11 Å². The van der Waals surface area contributed by atoms with Crippen LogP contribution in [-0.2, 0) is 4.74 Å². The molecule has 5 nitrogen and oxygen atoms in total. The summed E-state index contributed by atoms with van der Waals surface area (Å²) < 4.78 is 5.35. The van der Waals surface area contributed by atoms with Crippen LogP contribution in [0.2, 0.25) is 5.02 Å². The number of nitrogens with zero attached hydrogens (tertiary/aromatic N) is 1. The van der Waals surface area contributed by atoms with Crippen LogP contribution >= 0.6 is 11.6 Å². The summed E-state index contributed by atoms with van der Waals surface area (Å²) in [7, 11) is 1.70. The van der Waals surface area contributed by atoms with Crippen molar-refractivity contribution in [2.75, 3.05) is 12.4 Å². The van der Waals surface area contributed by atoms with Crippen LogP contribution in [0, 0.1) is 0 Å². The van der Waals surface area contributed by atoms with Crippen molar-refractivity contribution in [3.05, 3.63) is 21.6 Å². The van der Waals surface area contributed by atoms with Gasteiger partial charge in [0.2, 0.25) is 0 Å². The van der Waals surface area contributed by atoms with Crippen LogP contribution in [0.4, 0.5) is 5.69 Å². The number of aromatic amines is 1. The number of hydrogen-bond donors (Lipinski definition) is 2. The van der Waals surface area contributed by atoms with Gasteiger partial charge in [-0.25, -0.2) is 5.10 Å². The molecule has 0 radical (unpaired) electrons. The van der Waals surface area contributed by atoms with Crippen LogP contribution < -0.4 is 10.9 Å². The summed E-state index contributed by atoms with van der Waals surface area (Å²) in [6, 6.07) is 0.200. The maximum atomic E-state index is 11.2. The summed E-state index contributed by atoms with van der Waals surface area (Å²) in [6.45, 7) is 0. The molecule has 0 spiro atoms. The first-order valence-electron chi connectivity index (χ1n) is 5.25. The van der Waals surface area contributed by atoms with Crippen LogP contribution in [-0.4, -0.2) is 29.5 Å². The molecule has 1 fully saturated rings. The van der Waals surface area contributed by atoms with Gasteiger partial charge in [-0.3, -0.25) is 4.79 Å². The van der Waals surface area contributed by atoms with E-state index in [1.165, 1.54) is 6.20 Å². The summed E-state index contributed by atoms with van der Waals surface area (Å²) in [5, 5.41) is 9.36. The van der Waals surface area contributed by atoms with Crippen molar-refractivity contribution in [2.45, 2.75) is 31.4 Å². The molecule has 0 aliphatic heterocycles. The number of ether oxygens (including phenoxy) is 1. The second-order valence-corrected chi connectivity index (χ2v) is 4.26. The van der Waals surface area contributed by atoms with Gasteiger partial charge in [0.25, 0.3) is 5.56 Å². The van der Waals surface area contributed by atoms with Crippen LogP contribution in [0.15, 0.2) is 11.0 Å². The lowest BCUT2D eigenvalue weighted by atomic mass is 10.2. The normalized spacial score (nSPS) is 24.6. The Labute approximate surface area is 98.2 Å². The van der Waals surface area contributed by atoms with Crippen LogP contribution in [0.25, 0.3) is 0 Å². The van der Waals surface area contributed by atoms with Crippen molar-refractivity contribution in [1.82, 2.24) is 10.2 Å². The van der Waals surface area contributed by atoms with Crippen molar-refractivity contribution in [2.24, 2.45) is 0 Å². The Bertz CT molecular complexity index is 421. The standard InChI is InChI=1S/C10H14ClN3O2/c1-16-8-4-2-3-6(8)13-7-5-12-14-10(15)9(7)11/h5-6,8H,2-4H2,1H3,(H2,13,14,15). The van der Waals surface area contributed by atoms with E-state index < -0.39 is 0 Å². The SMILES string of the molecule is COC1CCCC1Nc1cn[nH]c(=O)c1Cl. The average Bonchev–Trinajstić information content (AvgIpc) is 2.72. The van der Waals surface area contributed by atoms with Gasteiger partial charge in [-0.2, -0.15) is 5.10 Å². The molecule has 1 aromatic heterocycles. The lowest BCUT2D eigenvalue weighted by molar-refractivity contribution is 0.101. The highest BCUT2D eigenvalue weighted by molar-refractivity contribution is 6.32. The lowest BCUT2D eigenvalue weighted by Crippen LogP contribution is -2.30. The summed E-state index contributed by atoms with van der Waals surface area (Å²) in [5.74, 6) is 0. The van der Waals surface area contributed by atoms with Gasteiger partial charge in [-0.05, 0) is 19.3 Å². The van der Waals surface area contributed by atoms with E-state index in [1.807, 2.05) is 0 Å². The summed E-state index contributed by atoms with van der Waals surface area (Å²) in [4.78, 5) is 11.2. The van der Waals surface area contributed by atoms with Crippen molar-refractivity contribution >= 4 is 17.3 Å². The van der Waals surface area contributed by atoms with Crippen molar-refractivity contribution < 1.29 is 4.74 Å². The Kier molecular flexibility index (Phi) is 3.46. The zero-order valence-corrected chi connectivity index (χ0v) is 9.75. The first-order valence-corrected chi connectivity index (χ1v) is 5.62. The molecule has 2 atom stereocenters. The second kappa shape index (κ2) is 4.84. The van der Waals surface area contributed by atoms with E-state index in [9.17, 15) is 4.79 Å². The molecule has 0 amide bonds. The Balaban J connectivity index is 2.14. The number of hydrogen-bond acceptors (Lipinski definition) is 4. The minimum Gasteiger partial charge on any atom is -0.379 e. The highest BCUT2D eigenvalue weighted by Crippen LogP contribution is 2.26. The largest absolute Gasteiger partial charge is 0.379 e. The van der Waals surface area contributed by atoms with E-state index in [2.05, 4.69) is 15.5 Å². The number of nitrogens with one attached hydrogen (secondary N) is 2. The predicted molar refractivity (Wildman–Crippen MR) is 61.9 cm³/mol. The van der Waals surface area contributed by atoms with E-state index in [1.54, 1.807) is 7.11 Å². The van der Waals surface area contributed by atoms with Gasteiger partial charge < -0.3 is 10.1 Å². The summed E-state index contributed by atoms with van der Waals surface area (Å²) >= 11 is 5.88. The molecular weight excluding hydrogens is 230 g/mol. The number of halogens is 1. The van der Waals surface area contributed by atoms with Gasteiger partial charge in [0.05, 0.1) is 24.0 Å². The monoisotopic (exact) mass is 243 g/mol. The molecule has 1 saturated carbocycles. The van der Waals surface area contributed by atoms with E-state index in [4.69, 9.17) is 16.3 Å². The third-order valence-corrected chi connectivity index (χ3v) is 3.27. The third-order valence-electron chi connectivity index (χ3n) is 2.89. The Morgan fingerprint density at radius 1 is 1.62 bits per heavy atom. The van der Waals surface area contributed by atoms with E-state index >= 15 is 0 Å². The molecule has 1 aliphatic rings. The number of anilines is 1. The number of H-pyrrole nitrogens is 1. The minimum absolute atomic E-state index is 0.150. The minimum atomic E-state index is -0.376. The van der Waals surface area contributed by atoms with Gasteiger partial charge in [-0.15, -0.1) is 0 Å². The summed E-state index contributed by atoms with van der Waals surface area (Å²) in [6.07, 6.45) is 4.86. The molecule has 2 unspecified atom stereocenters. The second-order valence-electron chi connectivity index (χ2n) is 3.88. The molecule has 0 saturated heterocycles. The number of methoxy groups -OCH3 is 1. The van der Waals surface area contributed by atoms with E-state index in [0.717, 1.165) is 19.3 Å². The first-order chi connectivity index (χ1) is 7.72. The van der Waals surface area contributed by atoms with E-state index in [0.29, 0.717) is 5.69 Å². The fourth-order valence-corrected chi connectivity index (χ4v) is 2.20. The molecule has 1 aromatic rings. The van der Waals surface area contributed by atoms with Gasteiger partial charge >= 0.3 is 0 Å². The van der Waals surface area contributed by atoms with Gasteiger partial charge in [0.1, 0.15) is 5.02 Å². The third kappa shape index (κ3) is 2.20.